The largest absolute Gasteiger partial charge is 0.287 e. The number of nitrogens with zero attached hydrogens (tertiary/aromatic N) is 2. The highest BCUT2D eigenvalue weighted by molar-refractivity contribution is 6.30. The van der Waals surface area contributed by atoms with Crippen LogP contribution in [0.2, 0.25) is 5.02 Å². The number of hydrogen-bond acceptors (Lipinski definition) is 2. The second-order valence-electron chi connectivity index (χ2n) is 4.91. The molecule has 0 amide bonds. The Bertz CT molecular complexity index is 888. The van der Waals surface area contributed by atoms with Crippen molar-refractivity contribution in [1.82, 2.24) is 9.78 Å². The SMILES string of the molecule is Cn1cc(-c2ccc(F)cc2)c(=O)c(-c2cccc(Cl)c2)n1. The number of hydrogen-bond donors (Lipinski definition) is 0. The number of aryl methyl sites for hydroxylation is 1. The Balaban J connectivity index is 2.22. The number of benzene rings is 2. The van der Waals surface area contributed by atoms with Crippen LogP contribution in [0.3, 0.4) is 0 Å². The molecule has 3 aromatic rings. The summed E-state index contributed by atoms with van der Waals surface area (Å²) in [6.45, 7) is 0. The van der Waals surface area contributed by atoms with Crippen molar-refractivity contribution in [2.75, 3.05) is 0 Å². The summed E-state index contributed by atoms with van der Waals surface area (Å²) in [6, 6.07) is 12.8. The van der Waals surface area contributed by atoms with Gasteiger partial charge < -0.3 is 0 Å². The van der Waals surface area contributed by atoms with E-state index in [0.29, 0.717) is 27.4 Å². The maximum atomic E-state index is 13.1. The van der Waals surface area contributed by atoms with Gasteiger partial charge in [0.05, 0.1) is 0 Å². The molecule has 2 aromatic carbocycles. The molecule has 1 heterocycles. The van der Waals surface area contributed by atoms with E-state index >= 15 is 0 Å². The van der Waals surface area contributed by atoms with Crippen LogP contribution in [0.5, 0.6) is 0 Å². The van der Waals surface area contributed by atoms with Crippen LogP contribution in [0.25, 0.3) is 22.4 Å². The van der Waals surface area contributed by atoms with E-state index in [1.165, 1.54) is 12.1 Å². The molecule has 0 fully saturated rings. The second-order valence-corrected chi connectivity index (χ2v) is 5.35. The van der Waals surface area contributed by atoms with Gasteiger partial charge in [-0.3, -0.25) is 9.48 Å². The molecular weight excluding hydrogens is 303 g/mol. The molecule has 3 nitrogen and oxygen atoms in total. The number of aromatic nitrogens is 2. The van der Waals surface area contributed by atoms with E-state index in [1.807, 2.05) is 0 Å². The molecular formula is C17H12ClFN2O. The van der Waals surface area contributed by atoms with Crippen molar-refractivity contribution in [3.05, 3.63) is 75.8 Å². The average Bonchev–Trinajstić information content (AvgIpc) is 2.50. The smallest absolute Gasteiger partial charge is 0.215 e. The lowest BCUT2D eigenvalue weighted by molar-refractivity contribution is 0.628. The highest BCUT2D eigenvalue weighted by Gasteiger charge is 2.12. The van der Waals surface area contributed by atoms with E-state index in [9.17, 15) is 9.18 Å². The highest BCUT2D eigenvalue weighted by Crippen LogP contribution is 2.21. The van der Waals surface area contributed by atoms with Crippen molar-refractivity contribution in [1.29, 1.82) is 0 Å². The molecule has 0 aliphatic carbocycles. The van der Waals surface area contributed by atoms with Crippen LogP contribution in [0, 0.1) is 5.82 Å². The van der Waals surface area contributed by atoms with Crippen molar-refractivity contribution < 1.29 is 4.39 Å². The van der Waals surface area contributed by atoms with E-state index < -0.39 is 0 Å². The first-order valence-electron chi connectivity index (χ1n) is 6.64. The van der Waals surface area contributed by atoms with Gasteiger partial charge >= 0.3 is 0 Å². The molecule has 0 aliphatic heterocycles. The summed E-state index contributed by atoms with van der Waals surface area (Å²) in [5, 5.41) is 4.79. The lowest BCUT2D eigenvalue weighted by Crippen LogP contribution is -2.15. The fourth-order valence-corrected chi connectivity index (χ4v) is 2.46. The van der Waals surface area contributed by atoms with E-state index in [2.05, 4.69) is 5.10 Å². The standard InChI is InChI=1S/C17H12ClFN2O/c1-21-10-15(11-5-7-14(19)8-6-11)17(22)16(20-21)12-3-2-4-13(18)9-12/h2-10H,1H3. The molecule has 0 N–H and O–H groups in total. The topological polar surface area (TPSA) is 34.9 Å². The van der Waals surface area contributed by atoms with E-state index in [0.717, 1.165) is 0 Å². The number of halogens is 2. The van der Waals surface area contributed by atoms with Crippen molar-refractivity contribution in [2.24, 2.45) is 7.05 Å². The Labute approximate surface area is 131 Å². The molecule has 5 heteroatoms. The third kappa shape index (κ3) is 2.78. The number of rotatable bonds is 2. The molecule has 0 atom stereocenters. The van der Waals surface area contributed by atoms with Gasteiger partial charge in [0, 0.05) is 29.4 Å². The van der Waals surface area contributed by atoms with Gasteiger partial charge in [0.15, 0.2) is 0 Å². The molecule has 0 saturated carbocycles. The van der Waals surface area contributed by atoms with Gasteiger partial charge in [-0.1, -0.05) is 35.9 Å². The summed E-state index contributed by atoms with van der Waals surface area (Å²) in [7, 11) is 1.74. The summed E-state index contributed by atoms with van der Waals surface area (Å²) >= 11 is 5.98. The molecule has 0 aliphatic rings. The van der Waals surface area contributed by atoms with Crippen LogP contribution in [0.1, 0.15) is 0 Å². The Kier molecular flexibility index (Phi) is 3.77. The van der Waals surface area contributed by atoms with Gasteiger partial charge in [-0.25, -0.2) is 4.39 Å². The van der Waals surface area contributed by atoms with Crippen LogP contribution in [-0.4, -0.2) is 9.78 Å². The third-order valence-corrected chi connectivity index (χ3v) is 3.52. The van der Waals surface area contributed by atoms with E-state index in [1.54, 1.807) is 54.3 Å². The van der Waals surface area contributed by atoms with Crippen LogP contribution in [0.4, 0.5) is 4.39 Å². The Morgan fingerprint density at radius 2 is 1.82 bits per heavy atom. The quantitative estimate of drug-likeness (QED) is 0.719. The predicted molar refractivity (Wildman–Crippen MR) is 85.3 cm³/mol. The fourth-order valence-electron chi connectivity index (χ4n) is 2.26. The van der Waals surface area contributed by atoms with E-state index in [-0.39, 0.29) is 11.2 Å². The zero-order valence-electron chi connectivity index (χ0n) is 11.8. The zero-order valence-corrected chi connectivity index (χ0v) is 12.5. The fraction of sp³-hybridized carbons (Fsp3) is 0.0588. The van der Waals surface area contributed by atoms with Gasteiger partial charge in [0.25, 0.3) is 0 Å². The molecule has 0 saturated heterocycles. The predicted octanol–water partition coefficient (Wildman–Crippen LogP) is 3.91. The van der Waals surface area contributed by atoms with Crippen molar-refractivity contribution >= 4 is 11.6 Å². The van der Waals surface area contributed by atoms with Crippen molar-refractivity contribution in [3.8, 4) is 22.4 Å². The summed E-state index contributed by atoms with van der Waals surface area (Å²) in [6.07, 6.45) is 1.63. The van der Waals surface area contributed by atoms with Crippen LogP contribution in [0.15, 0.2) is 59.5 Å². The van der Waals surface area contributed by atoms with Gasteiger partial charge in [0.1, 0.15) is 11.5 Å². The third-order valence-electron chi connectivity index (χ3n) is 3.29. The monoisotopic (exact) mass is 314 g/mol. The van der Waals surface area contributed by atoms with Crippen molar-refractivity contribution in [3.63, 3.8) is 0 Å². The van der Waals surface area contributed by atoms with Crippen molar-refractivity contribution in [2.45, 2.75) is 0 Å². The first-order valence-corrected chi connectivity index (χ1v) is 7.02. The second kappa shape index (κ2) is 5.73. The minimum absolute atomic E-state index is 0.216. The summed E-state index contributed by atoms with van der Waals surface area (Å²) < 4.78 is 14.6. The molecule has 3 rings (SSSR count). The van der Waals surface area contributed by atoms with Gasteiger partial charge in [0.2, 0.25) is 5.43 Å². The Hall–Kier alpha value is -2.46. The molecule has 0 spiro atoms. The minimum Gasteiger partial charge on any atom is -0.287 e. The first kappa shape index (κ1) is 14.5. The Morgan fingerprint density at radius 3 is 2.50 bits per heavy atom. The maximum absolute atomic E-state index is 13.1. The highest BCUT2D eigenvalue weighted by atomic mass is 35.5. The minimum atomic E-state index is -0.343. The molecule has 0 unspecified atom stereocenters. The van der Waals surface area contributed by atoms with Crippen LogP contribution >= 0.6 is 11.6 Å². The summed E-state index contributed by atoms with van der Waals surface area (Å²) in [5.41, 5.74) is 1.86. The van der Waals surface area contributed by atoms with Gasteiger partial charge in [-0.05, 0) is 29.8 Å². The van der Waals surface area contributed by atoms with Crippen LogP contribution in [-0.2, 0) is 7.05 Å². The molecule has 22 heavy (non-hydrogen) atoms. The Morgan fingerprint density at radius 1 is 1.09 bits per heavy atom. The summed E-state index contributed by atoms with van der Waals surface area (Å²) in [4.78, 5) is 12.7. The summed E-state index contributed by atoms with van der Waals surface area (Å²) in [5.74, 6) is -0.343. The average molecular weight is 315 g/mol. The molecule has 0 bridgehead atoms. The van der Waals surface area contributed by atoms with Gasteiger partial charge in [-0.2, -0.15) is 5.10 Å². The lowest BCUT2D eigenvalue weighted by Gasteiger charge is -2.08. The first-order chi connectivity index (χ1) is 10.5. The molecule has 1 aromatic heterocycles. The maximum Gasteiger partial charge on any atom is 0.215 e. The molecule has 0 radical (unpaired) electrons. The van der Waals surface area contributed by atoms with Gasteiger partial charge in [-0.15, -0.1) is 0 Å². The zero-order chi connectivity index (χ0) is 15.7. The van der Waals surface area contributed by atoms with Crippen LogP contribution < -0.4 is 5.43 Å². The lowest BCUT2D eigenvalue weighted by atomic mass is 10.0. The van der Waals surface area contributed by atoms with E-state index in [4.69, 9.17) is 11.6 Å². The normalized spacial score (nSPS) is 10.7. The molecule has 110 valence electrons.